The quantitative estimate of drug-likeness (QED) is 0.665. The number of aliphatic hydroxyl groups is 1. The molecule has 0 spiro atoms. The molecule has 0 unspecified atom stereocenters. The fourth-order valence-electron chi connectivity index (χ4n) is 1.86. The summed E-state index contributed by atoms with van der Waals surface area (Å²) >= 11 is 0. The van der Waals surface area contributed by atoms with Crippen molar-refractivity contribution in [3.63, 3.8) is 0 Å². The molecule has 5 heteroatoms. The van der Waals surface area contributed by atoms with E-state index < -0.39 is 11.5 Å². The van der Waals surface area contributed by atoms with Crippen molar-refractivity contribution in [1.82, 2.24) is 4.90 Å². The van der Waals surface area contributed by atoms with Crippen LogP contribution in [0.3, 0.4) is 0 Å². The van der Waals surface area contributed by atoms with Crippen LogP contribution in [0.2, 0.25) is 0 Å². The van der Waals surface area contributed by atoms with Gasteiger partial charge in [0.05, 0.1) is 6.61 Å². The molecule has 0 aliphatic heterocycles. The Hall–Kier alpha value is -1.43. The summed E-state index contributed by atoms with van der Waals surface area (Å²) in [7, 11) is 1.82. The lowest BCUT2D eigenvalue weighted by Gasteiger charge is -2.30. The van der Waals surface area contributed by atoms with Gasteiger partial charge in [0.1, 0.15) is 0 Å². The second-order valence-corrected chi connectivity index (χ2v) is 4.53. The number of hydrogen-bond donors (Lipinski definition) is 2. The topological polar surface area (TPSA) is 75.8 Å². The summed E-state index contributed by atoms with van der Waals surface area (Å²) in [6.07, 6.45) is 0. The normalized spacial score (nSPS) is 14.3. The number of rotatable bonds is 8. The first-order chi connectivity index (χ1) is 9.00. The molecule has 0 radical (unpaired) electrons. The average Bonchev–Trinajstić information content (AvgIpc) is 2.39. The van der Waals surface area contributed by atoms with Crippen LogP contribution in [-0.2, 0) is 15.1 Å². The number of amides is 1. The van der Waals surface area contributed by atoms with Crippen LogP contribution < -0.4 is 5.73 Å². The van der Waals surface area contributed by atoms with Crippen molar-refractivity contribution < 1.29 is 14.6 Å². The number of nitrogens with zero attached hydrogens (tertiary/aromatic N) is 1. The van der Waals surface area contributed by atoms with Crippen molar-refractivity contribution in [2.75, 3.05) is 33.4 Å². The average molecular weight is 266 g/mol. The molecule has 1 amide bonds. The van der Waals surface area contributed by atoms with Crippen LogP contribution in [0.25, 0.3) is 0 Å². The molecule has 0 bridgehead atoms. The fraction of sp³-hybridized carbons (Fsp3) is 0.500. The molecule has 1 atom stereocenters. The van der Waals surface area contributed by atoms with E-state index in [2.05, 4.69) is 0 Å². The number of carbonyl (C=O) groups excluding carboxylic acids is 1. The predicted molar refractivity (Wildman–Crippen MR) is 73.5 cm³/mol. The van der Waals surface area contributed by atoms with E-state index in [0.29, 0.717) is 25.3 Å². The highest BCUT2D eigenvalue weighted by Crippen LogP contribution is 2.21. The minimum Gasteiger partial charge on any atom is -0.380 e. The molecule has 1 rings (SSSR count). The first-order valence-electron chi connectivity index (χ1n) is 6.34. The van der Waals surface area contributed by atoms with Gasteiger partial charge in [-0.15, -0.1) is 0 Å². The Morgan fingerprint density at radius 3 is 2.58 bits per heavy atom. The Morgan fingerprint density at radius 2 is 2.05 bits per heavy atom. The lowest BCUT2D eigenvalue weighted by molar-refractivity contribution is -0.139. The fourth-order valence-corrected chi connectivity index (χ4v) is 1.86. The van der Waals surface area contributed by atoms with Crippen molar-refractivity contribution in [3.05, 3.63) is 35.9 Å². The van der Waals surface area contributed by atoms with Gasteiger partial charge in [0.25, 0.3) is 5.91 Å². The molecular weight excluding hydrogens is 244 g/mol. The number of carbonyl (C=O) groups is 1. The van der Waals surface area contributed by atoms with E-state index in [1.165, 1.54) is 0 Å². The standard InChI is InChI=1S/C14H22N2O3/c1-3-19-10-9-16(2)11-14(18,13(15)17)12-7-5-4-6-8-12/h4-8,18H,3,9-11H2,1-2H3,(H2,15,17)/t14-/m0/s1. The van der Waals surface area contributed by atoms with Crippen LogP contribution in [-0.4, -0.2) is 49.3 Å². The van der Waals surface area contributed by atoms with Crippen LogP contribution >= 0.6 is 0 Å². The van der Waals surface area contributed by atoms with Gasteiger partial charge in [-0.3, -0.25) is 4.79 Å². The van der Waals surface area contributed by atoms with Gasteiger partial charge < -0.3 is 20.5 Å². The maximum Gasteiger partial charge on any atom is 0.255 e. The van der Waals surface area contributed by atoms with Crippen molar-refractivity contribution >= 4 is 5.91 Å². The first kappa shape index (κ1) is 15.6. The van der Waals surface area contributed by atoms with Gasteiger partial charge in [0.2, 0.25) is 0 Å². The molecular formula is C14H22N2O3. The summed E-state index contributed by atoms with van der Waals surface area (Å²) in [5, 5.41) is 10.5. The van der Waals surface area contributed by atoms with Crippen LogP contribution in [0.5, 0.6) is 0 Å². The summed E-state index contributed by atoms with van der Waals surface area (Å²) < 4.78 is 5.25. The van der Waals surface area contributed by atoms with Crippen LogP contribution in [0.4, 0.5) is 0 Å². The van der Waals surface area contributed by atoms with Gasteiger partial charge >= 0.3 is 0 Å². The lowest BCUT2D eigenvalue weighted by atomic mass is 9.92. The van der Waals surface area contributed by atoms with Crippen LogP contribution in [0, 0.1) is 0 Å². The lowest BCUT2D eigenvalue weighted by Crippen LogP contribution is -2.49. The summed E-state index contributed by atoms with van der Waals surface area (Å²) in [4.78, 5) is 13.4. The third kappa shape index (κ3) is 4.31. The van der Waals surface area contributed by atoms with E-state index in [1.54, 1.807) is 24.3 Å². The van der Waals surface area contributed by atoms with Gasteiger partial charge in [-0.25, -0.2) is 0 Å². The van der Waals surface area contributed by atoms with Crippen molar-refractivity contribution in [1.29, 1.82) is 0 Å². The maximum atomic E-state index is 11.6. The van der Waals surface area contributed by atoms with Gasteiger partial charge in [-0.1, -0.05) is 30.3 Å². The highest BCUT2D eigenvalue weighted by atomic mass is 16.5. The largest absolute Gasteiger partial charge is 0.380 e. The molecule has 0 saturated heterocycles. The zero-order valence-corrected chi connectivity index (χ0v) is 11.5. The van der Waals surface area contributed by atoms with Crippen LogP contribution in [0.1, 0.15) is 12.5 Å². The highest BCUT2D eigenvalue weighted by Gasteiger charge is 2.36. The molecule has 5 nitrogen and oxygen atoms in total. The number of nitrogens with two attached hydrogens (primary N) is 1. The van der Waals surface area contributed by atoms with E-state index in [9.17, 15) is 9.90 Å². The summed E-state index contributed by atoms with van der Waals surface area (Å²) in [5.74, 6) is -0.748. The molecule has 0 heterocycles. The second kappa shape index (κ2) is 7.23. The van der Waals surface area contributed by atoms with E-state index in [0.717, 1.165) is 0 Å². The van der Waals surface area contributed by atoms with Gasteiger partial charge in [0, 0.05) is 19.7 Å². The van der Waals surface area contributed by atoms with Crippen molar-refractivity contribution in [2.24, 2.45) is 5.73 Å². The predicted octanol–water partition coefficient (Wildman–Crippen LogP) is 0.328. The van der Waals surface area contributed by atoms with E-state index in [4.69, 9.17) is 10.5 Å². The Labute approximate surface area is 114 Å². The maximum absolute atomic E-state index is 11.6. The van der Waals surface area contributed by atoms with E-state index in [1.807, 2.05) is 24.9 Å². The van der Waals surface area contributed by atoms with E-state index in [-0.39, 0.29) is 6.54 Å². The summed E-state index contributed by atoms with van der Waals surface area (Å²) in [5.41, 5.74) is 4.19. The molecule has 0 fully saturated rings. The molecule has 0 aliphatic rings. The number of hydrogen-bond acceptors (Lipinski definition) is 4. The third-order valence-electron chi connectivity index (χ3n) is 2.98. The minimum atomic E-state index is -1.68. The zero-order chi connectivity index (χ0) is 14.3. The minimum absolute atomic E-state index is 0.138. The molecule has 3 N–H and O–H groups in total. The highest BCUT2D eigenvalue weighted by molar-refractivity contribution is 5.85. The third-order valence-corrected chi connectivity index (χ3v) is 2.98. The molecule has 106 valence electrons. The Morgan fingerprint density at radius 1 is 1.42 bits per heavy atom. The molecule has 0 aliphatic carbocycles. The second-order valence-electron chi connectivity index (χ2n) is 4.53. The van der Waals surface area contributed by atoms with Crippen molar-refractivity contribution in [3.8, 4) is 0 Å². The van der Waals surface area contributed by atoms with Gasteiger partial charge in [0.15, 0.2) is 5.60 Å². The number of likely N-dealkylation sites (N-methyl/N-ethyl adjacent to an activating group) is 1. The number of primary amides is 1. The van der Waals surface area contributed by atoms with Crippen molar-refractivity contribution in [2.45, 2.75) is 12.5 Å². The summed E-state index contributed by atoms with van der Waals surface area (Å²) in [6, 6.07) is 8.75. The molecule has 1 aromatic rings. The number of ether oxygens (including phenoxy) is 1. The van der Waals surface area contributed by atoms with Gasteiger partial charge in [-0.2, -0.15) is 0 Å². The van der Waals surface area contributed by atoms with E-state index >= 15 is 0 Å². The Bertz CT molecular complexity index is 397. The molecule has 1 aromatic carbocycles. The number of benzene rings is 1. The molecule has 0 saturated carbocycles. The van der Waals surface area contributed by atoms with Crippen LogP contribution in [0.15, 0.2) is 30.3 Å². The molecule has 0 aromatic heterocycles. The van der Waals surface area contributed by atoms with Gasteiger partial charge in [-0.05, 0) is 19.5 Å². The molecule has 19 heavy (non-hydrogen) atoms. The Kier molecular flexibility index (Phi) is 5.95. The SMILES string of the molecule is CCOCCN(C)C[C@@](O)(C(N)=O)c1ccccc1. The zero-order valence-electron chi connectivity index (χ0n) is 11.5. The Balaban J connectivity index is 2.75. The monoisotopic (exact) mass is 266 g/mol. The smallest absolute Gasteiger partial charge is 0.255 e. The summed E-state index contributed by atoms with van der Waals surface area (Å²) in [6.45, 7) is 3.88. The first-order valence-corrected chi connectivity index (χ1v) is 6.34.